The van der Waals surface area contributed by atoms with Gasteiger partial charge in [-0.3, -0.25) is 9.78 Å². The summed E-state index contributed by atoms with van der Waals surface area (Å²) in [5.74, 6) is -0.0373. The number of nitrogens with zero attached hydrogens (tertiary/aromatic N) is 3. The largest absolute Gasteiger partial charge is 0.566 e. The van der Waals surface area contributed by atoms with Crippen LogP contribution < -0.4 is 0 Å². The number of aromatic nitrogens is 1. The van der Waals surface area contributed by atoms with Crippen molar-refractivity contribution in [1.29, 1.82) is 0 Å². The smallest absolute Gasteiger partial charge is 0.228 e. The highest BCUT2D eigenvalue weighted by Gasteiger charge is 2.42. The van der Waals surface area contributed by atoms with Crippen LogP contribution in [0.25, 0.3) is 0 Å². The van der Waals surface area contributed by atoms with E-state index >= 15 is 0 Å². The Hall–Kier alpha value is -1.18. The van der Waals surface area contributed by atoms with Gasteiger partial charge in [0.1, 0.15) is 37.0 Å². The van der Waals surface area contributed by atoms with Crippen molar-refractivity contribution >= 4 is 17.3 Å². The standard InChI is InChI=1S/C14H23FN3O2S/c1-6-21(20)18(4,5)13(9-14(19)17(2)3)12-8-7-11(15)10-16-12/h7-8,10,13H,6,9H2,1-5H3/q+1. The fourth-order valence-electron chi connectivity index (χ4n) is 2.05. The molecular formula is C14H23FN3O2S+. The van der Waals surface area contributed by atoms with Gasteiger partial charge in [0, 0.05) is 14.1 Å². The molecule has 0 bridgehead atoms. The summed E-state index contributed by atoms with van der Waals surface area (Å²) in [6.07, 6.45) is 1.29. The lowest BCUT2D eigenvalue weighted by atomic mass is 10.1. The van der Waals surface area contributed by atoms with E-state index in [0.717, 1.165) is 6.20 Å². The Morgan fingerprint density at radius 3 is 2.52 bits per heavy atom. The molecule has 0 aliphatic heterocycles. The molecule has 2 unspecified atom stereocenters. The molecule has 0 spiro atoms. The van der Waals surface area contributed by atoms with E-state index in [1.807, 2.05) is 6.92 Å². The molecule has 21 heavy (non-hydrogen) atoms. The first-order valence-electron chi connectivity index (χ1n) is 6.74. The van der Waals surface area contributed by atoms with Crippen LogP contribution in [0.5, 0.6) is 0 Å². The first kappa shape index (κ1) is 17.9. The molecule has 0 saturated heterocycles. The average molecular weight is 316 g/mol. The van der Waals surface area contributed by atoms with Gasteiger partial charge in [-0.2, -0.15) is 0 Å². The van der Waals surface area contributed by atoms with Crippen LogP contribution in [0.4, 0.5) is 4.39 Å². The highest BCUT2D eigenvalue weighted by Crippen LogP contribution is 2.31. The normalized spacial score (nSPS) is 14.6. The third-order valence-corrected chi connectivity index (χ3v) is 5.28. The van der Waals surface area contributed by atoms with Gasteiger partial charge in [0.05, 0.1) is 12.6 Å². The second-order valence-electron chi connectivity index (χ2n) is 5.45. The van der Waals surface area contributed by atoms with Gasteiger partial charge in [-0.15, -0.1) is 3.89 Å². The van der Waals surface area contributed by atoms with Gasteiger partial charge in [0.25, 0.3) is 0 Å². The zero-order valence-electron chi connectivity index (χ0n) is 13.2. The maximum atomic E-state index is 13.1. The third kappa shape index (κ3) is 4.39. The van der Waals surface area contributed by atoms with E-state index in [9.17, 15) is 13.7 Å². The fourth-order valence-corrected chi connectivity index (χ4v) is 3.18. The van der Waals surface area contributed by atoms with Crippen LogP contribution in [-0.4, -0.2) is 58.2 Å². The molecule has 1 aromatic rings. The molecule has 0 aromatic carbocycles. The Morgan fingerprint density at radius 2 is 2.10 bits per heavy atom. The molecule has 0 N–H and O–H groups in total. The number of quaternary nitrogens is 1. The van der Waals surface area contributed by atoms with E-state index in [4.69, 9.17) is 0 Å². The number of amides is 1. The van der Waals surface area contributed by atoms with Crippen LogP contribution in [0.2, 0.25) is 0 Å². The molecule has 118 valence electrons. The molecule has 1 heterocycles. The highest BCUT2D eigenvalue weighted by atomic mass is 32.2. The van der Waals surface area contributed by atoms with E-state index in [2.05, 4.69) is 4.98 Å². The van der Waals surface area contributed by atoms with Crippen LogP contribution >= 0.6 is 0 Å². The first-order chi connectivity index (χ1) is 9.70. The van der Waals surface area contributed by atoms with Gasteiger partial charge in [-0.05, 0) is 19.1 Å². The van der Waals surface area contributed by atoms with Crippen LogP contribution in [0.3, 0.4) is 0 Å². The van der Waals surface area contributed by atoms with Gasteiger partial charge in [-0.25, -0.2) is 4.39 Å². The fraction of sp³-hybridized carbons (Fsp3) is 0.571. The SMILES string of the molecule is CC[S+]([O-])[N+](C)(C)C(CC(=O)N(C)C)c1ccc(F)cn1. The van der Waals surface area contributed by atoms with Crippen LogP contribution in [0, 0.1) is 5.82 Å². The minimum Gasteiger partial charge on any atom is -0.566 e. The van der Waals surface area contributed by atoms with Crippen molar-refractivity contribution in [3.63, 3.8) is 0 Å². The Morgan fingerprint density at radius 1 is 1.48 bits per heavy atom. The lowest BCUT2D eigenvalue weighted by Gasteiger charge is -2.35. The third-order valence-electron chi connectivity index (χ3n) is 3.48. The van der Waals surface area contributed by atoms with Gasteiger partial charge in [0.2, 0.25) is 5.91 Å². The number of hydrogen-bond acceptors (Lipinski definition) is 3. The van der Waals surface area contributed by atoms with Gasteiger partial charge in [-0.1, -0.05) is 0 Å². The van der Waals surface area contributed by atoms with Crippen molar-refractivity contribution in [2.24, 2.45) is 0 Å². The van der Waals surface area contributed by atoms with E-state index in [0.29, 0.717) is 11.4 Å². The van der Waals surface area contributed by atoms with Crippen LogP contribution in [0.15, 0.2) is 18.3 Å². The molecule has 5 nitrogen and oxygen atoms in total. The average Bonchev–Trinajstić information content (AvgIpc) is 2.44. The van der Waals surface area contributed by atoms with Crippen LogP contribution in [-0.2, 0) is 16.2 Å². The maximum absolute atomic E-state index is 13.1. The molecule has 0 radical (unpaired) electrons. The number of halogens is 1. The molecule has 2 atom stereocenters. The Bertz CT molecular complexity index is 480. The summed E-state index contributed by atoms with van der Waals surface area (Å²) in [6, 6.07) is 2.47. The van der Waals surface area contributed by atoms with Gasteiger partial charge >= 0.3 is 0 Å². The van der Waals surface area contributed by atoms with E-state index in [1.165, 1.54) is 11.0 Å². The van der Waals surface area contributed by atoms with Crippen LogP contribution in [0.1, 0.15) is 25.1 Å². The highest BCUT2D eigenvalue weighted by molar-refractivity contribution is 7.85. The summed E-state index contributed by atoms with van der Waals surface area (Å²) >= 11 is -1.17. The van der Waals surface area contributed by atoms with Crippen molar-refractivity contribution in [2.75, 3.05) is 33.9 Å². The molecule has 0 aliphatic carbocycles. The molecule has 1 aromatic heterocycles. The van der Waals surface area contributed by atoms with Gasteiger partial charge < -0.3 is 9.45 Å². The number of carbonyl (C=O) groups excluding carboxylic acids is 1. The van der Waals surface area contributed by atoms with E-state index < -0.39 is 17.2 Å². The summed E-state index contributed by atoms with van der Waals surface area (Å²) < 4.78 is 25.5. The van der Waals surface area contributed by atoms with E-state index in [-0.39, 0.29) is 22.3 Å². The quantitative estimate of drug-likeness (QED) is 0.590. The molecule has 0 saturated carbocycles. The minimum absolute atomic E-state index is 0.0783. The summed E-state index contributed by atoms with van der Waals surface area (Å²) in [4.78, 5) is 17.6. The summed E-state index contributed by atoms with van der Waals surface area (Å²) in [6.45, 7) is 1.83. The van der Waals surface area contributed by atoms with E-state index in [1.54, 1.807) is 34.3 Å². The van der Waals surface area contributed by atoms with Crippen molar-refractivity contribution in [3.05, 3.63) is 29.8 Å². The molecule has 1 rings (SSSR count). The van der Waals surface area contributed by atoms with Crippen molar-refractivity contribution in [2.45, 2.75) is 19.4 Å². The zero-order chi connectivity index (χ0) is 16.2. The summed E-state index contributed by atoms with van der Waals surface area (Å²) in [7, 11) is 6.96. The number of hydrogen-bond donors (Lipinski definition) is 0. The Labute approximate surface area is 128 Å². The maximum Gasteiger partial charge on any atom is 0.228 e. The molecular weight excluding hydrogens is 293 g/mol. The number of rotatable bonds is 6. The van der Waals surface area contributed by atoms with Gasteiger partial charge in [0.15, 0.2) is 11.8 Å². The predicted molar refractivity (Wildman–Crippen MR) is 81.0 cm³/mol. The Kier molecular flexibility index (Phi) is 6.12. The first-order valence-corrected chi connectivity index (χ1v) is 8.02. The second-order valence-corrected chi connectivity index (χ2v) is 7.62. The monoisotopic (exact) mass is 316 g/mol. The lowest BCUT2D eigenvalue weighted by molar-refractivity contribution is -0.798. The molecule has 1 amide bonds. The van der Waals surface area contributed by atoms with Crippen molar-refractivity contribution in [1.82, 2.24) is 9.88 Å². The number of carbonyl (C=O) groups is 1. The Balaban J connectivity index is 3.16. The second kappa shape index (κ2) is 7.20. The lowest BCUT2D eigenvalue weighted by Crippen LogP contribution is -2.50. The van der Waals surface area contributed by atoms with Crippen molar-refractivity contribution in [3.8, 4) is 0 Å². The summed E-state index contributed by atoms with van der Waals surface area (Å²) in [5.41, 5.74) is 0.568. The van der Waals surface area contributed by atoms with Crippen molar-refractivity contribution < 1.29 is 17.6 Å². The summed E-state index contributed by atoms with van der Waals surface area (Å²) in [5, 5.41) is 0. The molecule has 7 heteroatoms. The number of pyridine rings is 1. The minimum atomic E-state index is -1.17. The zero-order valence-corrected chi connectivity index (χ0v) is 14.0. The molecule has 0 fully saturated rings. The molecule has 0 aliphatic rings. The predicted octanol–water partition coefficient (Wildman–Crippen LogP) is 1.50. The topological polar surface area (TPSA) is 56.3 Å².